The molecule has 0 aliphatic carbocycles. The number of anilines is 1. The number of amides is 1. The Hall–Kier alpha value is -1.51. The van der Waals surface area contributed by atoms with Gasteiger partial charge in [0, 0.05) is 12.6 Å². The average molecular weight is 233 g/mol. The van der Waals surface area contributed by atoms with Crippen LogP contribution in [0.15, 0.2) is 18.2 Å². The van der Waals surface area contributed by atoms with Gasteiger partial charge in [0.05, 0.1) is 17.7 Å². The molecule has 1 aliphatic heterocycles. The Balaban J connectivity index is 2.51. The van der Waals surface area contributed by atoms with Crippen LogP contribution in [0.25, 0.3) is 0 Å². The summed E-state index contributed by atoms with van der Waals surface area (Å²) in [5.74, 6) is 0.999. The number of carbonyl (C=O) groups is 1. The average Bonchev–Trinajstić information content (AvgIpc) is 2.48. The van der Waals surface area contributed by atoms with Crippen molar-refractivity contribution in [3.8, 4) is 5.75 Å². The molecule has 3 heteroatoms. The van der Waals surface area contributed by atoms with Crippen LogP contribution in [-0.4, -0.2) is 19.1 Å². The Morgan fingerprint density at radius 1 is 1.29 bits per heavy atom. The summed E-state index contributed by atoms with van der Waals surface area (Å²) in [7, 11) is 0. The number of carbonyl (C=O) groups excluding carboxylic acids is 1. The van der Waals surface area contributed by atoms with Crippen molar-refractivity contribution in [2.45, 2.75) is 33.1 Å². The van der Waals surface area contributed by atoms with Gasteiger partial charge < -0.3 is 9.64 Å². The molecule has 0 radical (unpaired) electrons. The molecule has 0 N–H and O–H groups in total. The molecule has 0 unspecified atom stereocenters. The zero-order chi connectivity index (χ0) is 12.6. The lowest BCUT2D eigenvalue weighted by molar-refractivity contribution is -0.122. The summed E-state index contributed by atoms with van der Waals surface area (Å²) in [4.78, 5) is 14.1. The largest absolute Gasteiger partial charge is 0.494 e. The fourth-order valence-electron chi connectivity index (χ4n) is 2.40. The lowest BCUT2D eigenvalue weighted by Gasteiger charge is -2.18. The third-order valence-corrected chi connectivity index (χ3v) is 3.34. The van der Waals surface area contributed by atoms with Crippen LogP contribution in [0.4, 0.5) is 5.69 Å². The second kappa shape index (κ2) is 4.06. The van der Waals surface area contributed by atoms with Crippen molar-refractivity contribution in [1.29, 1.82) is 0 Å². The molecule has 1 heterocycles. The molecule has 1 aromatic rings. The number of fused-ring (bicyclic) bond motifs is 1. The van der Waals surface area contributed by atoms with Gasteiger partial charge >= 0.3 is 0 Å². The molecule has 2 rings (SSSR count). The number of likely N-dealkylation sites (N-methyl/N-ethyl adjacent to an activating group) is 1. The highest BCUT2D eigenvalue weighted by Gasteiger charge is 2.43. The van der Waals surface area contributed by atoms with E-state index in [0.717, 1.165) is 17.0 Å². The normalized spacial score (nSPS) is 17.2. The van der Waals surface area contributed by atoms with E-state index in [1.54, 1.807) is 0 Å². The maximum atomic E-state index is 12.3. The lowest BCUT2D eigenvalue weighted by atomic mass is 9.86. The summed E-state index contributed by atoms with van der Waals surface area (Å²) in [5, 5.41) is 0. The van der Waals surface area contributed by atoms with Crippen molar-refractivity contribution < 1.29 is 9.53 Å². The highest BCUT2D eigenvalue weighted by molar-refractivity contribution is 6.07. The molecular weight excluding hydrogens is 214 g/mol. The Morgan fingerprint density at radius 2 is 2.00 bits per heavy atom. The minimum atomic E-state index is -0.421. The monoisotopic (exact) mass is 233 g/mol. The van der Waals surface area contributed by atoms with Crippen molar-refractivity contribution in [2.24, 2.45) is 0 Å². The number of rotatable bonds is 3. The lowest BCUT2D eigenvalue weighted by Crippen LogP contribution is -2.35. The van der Waals surface area contributed by atoms with E-state index in [0.29, 0.717) is 13.2 Å². The Bertz CT molecular complexity index is 452. The van der Waals surface area contributed by atoms with E-state index in [2.05, 4.69) is 0 Å². The molecule has 0 spiro atoms. The topological polar surface area (TPSA) is 29.5 Å². The van der Waals surface area contributed by atoms with Crippen molar-refractivity contribution in [1.82, 2.24) is 0 Å². The molecular formula is C14H19NO2. The first kappa shape index (κ1) is 12.0. The van der Waals surface area contributed by atoms with Crippen LogP contribution in [0, 0.1) is 0 Å². The summed E-state index contributed by atoms with van der Waals surface area (Å²) < 4.78 is 5.49. The van der Waals surface area contributed by atoms with Crippen molar-refractivity contribution in [3.05, 3.63) is 23.8 Å². The minimum Gasteiger partial charge on any atom is -0.494 e. The zero-order valence-electron chi connectivity index (χ0n) is 10.9. The van der Waals surface area contributed by atoms with E-state index in [4.69, 9.17) is 4.74 Å². The highest BCUT2D eigenvalue weighted by atomic mass is 16.5. The molecule has 1 aromatic carbocycles. The standard InChI is InChI=1S/C14H19NO2/c1-5-15-12-9-10(17-6-2)7-8-11(12)14(3,4)13(15)16/h7-9H,5-6H2,1-4H3. The Morgan fingerprint density at radius 3 is 2.59 bits per heavy atom. The second-order valence-electron chi connectivity index (χ2n) is 4.79. The van der Waals surface area contributed by atoms with Crippen molar-refractivity contribution in [2.75, 3.05) is 18.1 Å². The predicted molar refractivity (Wildman–Crippen MR) is 68.7 cm³/mol. The van der Waals surface area contributed by atoms with Gasteiger partial charge in [0.1, 0.15) is 5.75 Å². The van der Waals surface area contributed by atoms with Crippen LogP contribution in [0.3, 0.4) is 0 Å². The summed E-state index contributed by atoms with van der Waals surface area (Å²) in [5.41, 5.74) is 1.66. The Labute approximate surface area is 102 Å². The smallest absolute Gasteiger partial charge is 0.237 e. The van der Waals surface area contributed by atoms with Crippen LogP contribution in [0.5, 0.6) is 5.75 Å². The predicted octanol–water partition coefficient (Wildman–Crippen LogP) is 2.73. The summed E-state index contributed by atoms with van der Waals surface area (Å²) in [6.45, 7) is 9.25. The SMILES string of the molecule is CCOc1ccc2c(c1)N(CC)C(=O)C2(C)C. The number of benzene rings is 1. The molecule has 0 fully saturated rings. The van der Waals surface area contributed by atoms with E-state index in [1.807, 2.05) is 50.8 Å². The first-order chi connectivity index (χ1) is 8.02. The van der Waals surface area contributed by atoms with Crippen LogP contribution in [0.2, 0.25) is 0 Å². The molecule has 0 saturated heterocycles. The molecule has 0 atom stereocenters. The molecule has 0 saturated carbocycles. The van der Waals surface area contributed by atoms with Gasteiger partial charge in [-0.1, -0.05) is 6.07 Å². The van der Waals surface area contributed by atoms with E-state index in [-0.39, 0.29) is 5.91 Å². The van der Waals surface area contributed by atoms with Gasteiger partial charge in [0.25, 0.3) is 0 Å². The first-order valence-corrected chi connectivity index (χ1v) is 6.11. The highest BCUT2D eigenvalue weighted by Crippen LogP contribution is 2.42. The number of ether oxygens (including phenoxy) is 1. The van der Waals surface area contributed by atoms with Crippen molar-refractivity contribution in [3.63, 3.8) is 0 Å². The maximum Gasteiger partial charge on any atom is 0.237 e. The van der Waals surface area contributed by atoms with E-state index < -0.39 is 5.41 Å². The summed E-state index contributed by atoms with van der Waals surface area (Å²) in [6, 6.07) is 5.92. The third kappa shape index (κ3) is 1.70. The molecule has 0 bridgehead atoms. The van der Waals surface area contributed by atoms with Crippen LogP contribution in [0.1, 0.15) is 33.3 Å². The van der Waals surface area contributed by atoms with E-state index >= 15 is 0 Å². The first-order valence-electron chi connectivity index (χ1n) is 6.11. The van der Waals surface area contributed by atoms with E-state index in [1.165, 1.54) is 0 Å². The third-order valence-electron chi connectivity index (χ3n) is 3.34. The van der Waals surface area contributed by atoms with Gasteiger partial charge in [0.15, 0.2) is 0 Å². The van der Waals surface area contributed by atoms with E-state index in [9.17, 15) is 4.79 Å². The summed E-state index contributed by atoms with van der Waals surface area (Å²) in [6.07, 6.45) is 0. The van der Waals surface area contributed by atoms with Crippen LogP contribution >= 0.6 is 0 Å². The number of hydrogen-bond acceptors (Lipinski definition) is 2. The van der Waals surface area contributed by atoms with Crippen molar-refractivity contribution >= 4 is 11.6 Å². The zero-order valence-corrected chi connectivity index (χ0v) is 10.9. The van der Waals surface area contributed by atoms with Gasteiger partial charge in [-0.15, -0.1) is 0 Å². The van der Waals surface area contributed by atoms with Gasteiger partial charge in [-0.3, -0.25) is 4.79 Å². The number of hydrogen-bond donors (Lipinski definition) is 0. The molecule has 1 amide bonds. The molecule has 3 nitrogen and oxygen atoms in total. The second-order valence-corrected chi connectivity index (χ2v) is 4.79. The Kier molecular flexibility index (Phi) is 2.86. The van der Waals surface area contributed by atoms with Gasteiger partial charge in [0.2, 0.25) is 5.91 Å². The van der Waals surface area contributed by atoms with Gasteiger partial charge in [-0.05, 0) is 39.3 Å². The summed E-state index contributed by atoms with van der Waals surface area (Å²) >= 11 is 0. The van der Waals surface area contributed by atoms with Gasteiger partial charge in [-0.25, -0.2) is 0 Å². The molecule has 0 aromatic heterocycles. The fraction of sp³-hybridized carbons (Fsp3) is 0.500. The van der Waals surface area contributed by atoms with Gasteiger partial charge in [-0.2, -0.15) is 0 Å². The quantitative estimate of drug-likeness (QED) is 0.803. The number of nitrogens with zero attached hydrogens (tertiary/aromatic N) is 1. The molecule has 17 heavy (non-hydrogen) atoms. The molecule has 92 valence electrons. The molecule has 1 aliphatic rings. The van der Waals surface area contributed by atoms with Crippen LogP contribution in [-0.2, 0) is 10.2 Å². The maximum absolute atomic E-state index is 12.3. The fourth-order valence-corrected chi connectivity index (χ4v) is 2.40. The van der Waals surface area contributed by atoms with Crippen LogP contribution < -0.4 is 9.64 Å². The minimum absolute atomic E-state index is 0.170.